The minimum absolute atomic E-state index is 0.386. The average Bonchev–Trinajstić information content (AvgIpc) is 2.46. The highest BCUT2D eigenvalue weighted by Crippen LogP contribution is 2.28. The molecule has 0 radical (unpaired) electrons. The molecule has 0 bridgehead atoms. The third kappa shape index (κ3) is 1.25. The van der Waals surface area contributed by atoms with E-state index in [1.807, 2.05) is 12.1 Å². The smallest absolute Gasteiger partial charge is 0.123 e. The van der Waals surface area contributed by atoms with Crippen LogP contribution in [0.15, 0.2) is 24.3 Å². The molecule has 0 N–H and O–H groups in total. The van der Waals surface area contributed by atoms with E-state index in [2.05, 4.69) is 21.4 Å². The van der Waals surface area contributed by atoms with Crippen molar-refractivity contribution in [3.63, 3.8) is 0 Å². The maximum Gasteiger partial charge on any atom is 0.123 e. The lowest BCUT2D eigenvalue weighted by molar-refractivity contribution is 0.259. The van der Waals surface area contributed by atoms with Gasteiger partial charge in [0.15, 0.2) is 0 Å². The summed E-state index contributed by atoms with van der Waals surface area (Å²) in [5.74, 6) is 1.07. The molecule has 0 aliphatic carbocycles. The zero-order valence-corrected chi connectivity index (χ0v) is 7.44. The van der Waals surface area contributed by atoms with E-state index in [1.165, 1.54) is 5.56 Å². The topological polar surface area (TPSA) is 9.23 Å². The van der Waals surface area contributed by atoms with Crippen molar-refractivity contribution in [2.75, 3.05) is 6.16 Å². The summed E-state index contributed by atoms with van der Waals surface area (Å²) in [5, 5.41) is 0. The molecule has 2 rings (SSSR count). The number of rotatable bonds is 1. The fourth-order valence-electron chi connectivity index (χ4n) is 1.39. The lowest BCUT2D eigenvalue weighted by Crippen LogP contribution is -2.13. The Balaban J connectivity index is 2.27. The van der Waals surface area contributed by atoms with E-state index in [9.17, 15) is 0 Å². The zero-order chi connectivity index (χ0) is 7.68. The van der Waals surface area contributed by atoms with Crippen LogP contribution in [0.3, 0.4) is 0 Å². The van der Waals surface area contributed by atoms with Crippen molar-refractivity contribution >= 4 is 9.24 Å². The number of fused-ring (bicyclic) bond motifs is 1. The van der Waals surface area contributed by atoms with Crippen molar-refractivity contribution in [1.82, 2.24) is 0 Å². The van der Waals surface area contributed by atoms with Gasteiger partial charge in [0, 0.05) is 6.42 Å². The number of para-hydroxylation sites is 1. The molecular weight excluding hydrogens is 155 g/mol. The zero-order valence-electron chi connectivity index (χ0n) is 6.29. The van der Waals surface area contributed by atoms with Gasteiger partial charge in [0.2, 0.25) is 0 Å². The summed E-state index contributed by atoms with van der Waals surface area (Å²) in [7, 11) is 2.72. The molecule has 1 nitrogen and oxygen atoms in total. The second-order valence-electron chi connectivity index (χ2n) is 2.79. The van der Waals surface area contributed by atoms with Crippen LogP contribution < -0.4 is 4.74 Å². The minimum Gasteiger partial charge on any atom is -0.489 e. The molecule has 0 amide bonds. The van der Waals surface area contributed by atoms with Crippen molar-refractivity contribution in [1.29, 1.82) is 0 Å². The van der Waals surface area contributed by atoms with Crippen LogP contribution in [0.1, 0.15) is 5.56 Å². The summed E-state index contributed by atoms with van der Waals surface area (Å²) in [6, 6.07) is 8.25. The van der Waals surface area contributed by atoms with E-state index in [-0.39, 0.29) is 0 Å². The van der Waals surface area contributed by atoms with E-state index in [0.717, 1.165) is 18.3 Å². The molecule has 1 aliphatic rings. The molecule has 58 valence electrons. The Morgan fingerprint density at radius 3 is 3.00 bits per heavy atom. The molecule has 2 atom stereocenters. The van der Waals surface area contributed by atoms with Crippen molar-refractivity contribution in [3.05, 3.63) is 29.8 Å². The molecule has 1 aliphatic heterocycles. The Morgan fingerprint density at radius 2 is 2.27 bits per heavy atom. The first-order valence-corrected chi connectivity index (χ1v) is 4.66. The standard InChI is InChI=1S/C9H11OP/c11-6-8-5-7-3-1-2-4-9(7)10-8/h1-4,8H,5-6,11H2. The second kappa shape index (κ2) is 2.83. The van der Waals surface area contributed by atoms with Crippen LogP contribution in [0.2, 0.25) is 0 Å². The van der Waals surface area contributed by atoms with Crippen LogP contribution >= 0.6 is 9.24 Å². The molecule has 0 saturated heterocycles. The predicted molar refractivity (Wildman–Crippen MR) is 49.1 cm³/mol. The molecule has 1 aromatic rings. The van der Waals surface area contributed by atoms with Crippen LogP contribution in [0.5, 0.6) is 5.75 Å². The van der Waals surface area contributed by atoms with Crippen LogP contribution in [-0.4, -0.2) is 12.3 Å². The Labute approximate surface area is 69.0 Å². The summed E-state index contributed by atoms with van der Waals surface area (Å²) in [4.78, 5) is 0. The lowest BCUT2D eigenvalue weighted by Gasteiger charge is -2.05. The molecule has 1 aromatic carbocycles. The Morgan fingerprint density at radius 1 is 1.45 bits per heavy atom. The first kappa shape index (κ1) is 7.12. The van der Waals surface area contributed by atoms with Gasteiger partial charge in [0.25, 0.3) is 0 Å². The van der Waals surface area contributed by atoms with Gasteiger partial charge in [-0.05, 0) is 17.8 Å². The van der Waals surface area contributed by atoms with Gasteiger partial charge in [-0.15, -0.1) is 9.24 Å². The molecule has 11 heavy (non-hydrogen) atoms. The van der Waals surface area contributed by atoms with Crippen LogP contribution in [0, 0.1) is 0 Å². The molecule has 0 saturated carbocycles. The minimum atomic E-state index is 0.386. The summed E-state index contributed by atoms with van der Waals surface area (Å²) in [5.41, 5.74) is 1.35. The second-order valence-corrected chi connectivity index (χ2v) is 3.26. The third-order valence-corrected chi connectivity index (χ3v) is 2.50. The maximum atomic E-state index is 5.64. The SMILES string of the molecule is PCC1Cc2ccccc2O1. The molecular formula is C9H11OP. The molecule has 2 unspecified atom stereocenters. The first-order chi connectivity index (χ1) is 5.40. The van der Waals surface area contributed by atoms with Crippen LogP contribution in [-0.2, 0) is 6.42 Å². The van der Waals surface area contributed by atoms with Crippen molar-refractivity contribution < 1.29 is 4.74 Å². The summed E-state index contributed by atoms with van der Waals surface area (Å²) < 4.78 is 5.64. The summed E-state index contributed by atoms with van der Waals surface area (Å²) in [6.45, 7) is 0. The summed E-state index contributed by atoms with van der Waals surface area (Å²) in [6.07, 6.45) is 2.48. The molecule has 0 fully saturated rings. The lowest BCUT2D eigenvalue weighted by atomic mass is 10.1. The van der Waals surface area contributed by atoms with Crippen molar-refractivity contribution in [2.45, 2.75) is 12.5 Å². The Bertz CT molecular complexity index is 234. The number of hydrogen-bond donors (Lipinski definition) is 0. The Kier molecular flexibility index (Phi) is 1.83. The highest BCUT2D eigenvalue weighted by Gasteiger charge is 2.19. The van der Waals surface area contributed by atoms with E-state index >= 15 is 0 Å². The highest BCUT2D eigenvalue weighted by atomic mass is 31.0. The van der Waals surface area contributed by atoms with Gasteiger partial charge in [-0.25, -0.2) is 0 Å². The first-order valence-electron chi connectivity index (χ1n) is 3.85. The highest BCUT2D eigenvalue weighted by molar-refractivity contribution is 7.16. The van der Waals surface area contributed by atoms with E-state index in [0.29, 0.717) is 6.10 Å². The Hall–Kier alpha value is -0.550. The third-order valence-electron chi connectivity index (χ3n) is 1.98. The van der Waals surface area contributed by atoms with Gasteiger partial charge < -0.3 is 4.74 Å². The molecule has 0 spiro atoms. The van der Waals surface area contributed by atoms with Crippen molar-refractivity contribution in [2.24, 2.45) is 0 Å². The fourth-order valence-corrected chi connectivity index (χ4v) is 1.65. The number of hydrogen-bond acceptors (Lipinski definition) is 1. The molecule has 0 aromatic heterocycles. The largest absolute Gasteiger partial charge is 0.489 e. The van der Waals surface area contributed by atoms with Gasteiger partial charge in [0.05, 0.1) is 0 Å². The van der Waals surface area contributed by atoms with Crippen LogP contribution in [0.4, 0.5) is 0 Å². The van der Waals surface area contributed by atoms with Gasteiger partial charge in [-0.3, -0.25) is 0 Å². The van der Waals surface area contributed by atoms with Gasteiger partial charge >= 0.3 is 0 Å². The quantitative estimate of drug-likeness (QED) is 0.578. The normalized spacial score (nSPS) is 21.0. The van der Waals surface area contributed by atoms with Crippen LogP contribution in [0.25, 0.3) is 0 Å². The maximum absolute atomic E-state index is 5.64. The molecule has 1 heterocycles. The number of ether oxygens (including phenoxy) is 1. The number of benzene rings is 1. The summed E-state index contributed by atoms with van der Waals surface area (Å²) >= 11 is 0. The van der Waals surface area contributed by atoms with Gasteiger partial charge in [0.1, 0.15) is 11.9 Å². The van der Waals surface area contributed by atoms with Crippen molar-refractivity contribution in [3.8, 4) is 5.75 Å². The van der Waals surface area contributed by atoms with E-state index in [4.69, 9.17) is 4.74 Å². The predicted octanol–water partition coefficient (Wildman–Crippen LogP) is 1.87. The van der Waals surface area contributed by atoms with E-state index < -0.39 is 0 Å². The monoisotopic (exact) mass is 166 g/mol. The fraction of sp³-hybridized carbons (Fsp3) is 0.333. The van der Waals surface area contributed by atoms with E-state index in [1.54, 1.807) is 0 Å². The average molecular weight is 166 g/mol. The van der Waals surface area contributed by atoms with Gasteiger partial charge in [-0.2, -0.15) is 0 Å². The molecule has 2 heteroatoms. The van der Waals surface area contributed by atoms with Gasteiger partial charge in [-0.1, -0.05) is 18.2 Å².